The molecule has 0 aliphatic carbocycles. The van der Waals surface area contributed by atoms with Gasteiger partial charge < -0.3 is 14.9 Å². The van der Waals surface area contributed by atoms with E-state index in [0.29, 0.717) is 0 Å². The van der Waals surface area contributed by atoms with E-state index < -0.39 is 0 Å². The predicted molar refractivity (Wildman–Crippen MR) is 91.9 cm³/mol. The van der Waals surface area contributed by atoms with E-state index in [4.69, 9.17) is 0 Å². The Kier molecular flexibility index (Phi) is 8.61. The average molecular weight is 308 g/mol. The van der Waals surface area contributed by atoms with Crippen LogP contribution in [0.25, 0.3) is 21.5 Å². The molecule has 0 aliphatic heterocycles. The Morgan fingerprint density at radius 3 is 1.29 bits per heavy atom. The van der Waals surface area contributed by atoms with Gasteiger partial charge in [-0.1, -0.05) is 12.1 Å². The molecule has 0 aromatic heterocycles. The fourth-order valence-corrected chi connectivity index (χ4v) is 2.14. The molecule has 0 heterocycles. The molecule has 0 amide bonds. The predicted octanol–water partition coefficient (Wildman–Crippen LogP) is 6.02. The summed E-state index contributed by atoms with van der Waals surface area (Å²) < 4.78 is 0. The molecule has 0 fully saturated rings. The molecule has 1 heteroatoms. The number of benzene rings is 2. The van der Waals surface area contributed by atoms with Crippen LogP contribution in [0.2, 0.25) is 0 Å². The second-order valence-electron chi connectivity index (χ2n) is 4.31. The second kappa shape index (κ2) is 9.34. The number of hydrogen-bond acceptors (Lipinski definition) is 0. The summed E-state index contributed by atoms with van der Waals surface area (Å²) in [4.78, 5) is 0. The third-order valence-electron chi connectivity index (χ3n) is 3.10. The fourth-order valence-electron chi connectivity index (χ4n) is 2.14. The van der Waals surface area contributed by atoms with E-state index in [9.17, 15) is 0 Å². The summed E-state index contributed by atoms with van der Waals surface area (Å²) in [7, 11) is 0. The number of rotatable bonds is 0. The van der Waals surface area contributed by atoms with Crippen LogP contribution >= 0.6 is 0 Å². The van der Waals surface area contributed by atoms with Crippen LogP contribution in [0.15, 0.2) is 84.9 Å². The molecule has 4 rings (SSSR count). The normalized spacial score (nSPS) is 8.76. The van der Waals surface area contributed by atoms with E-state index >= 15 is 0 Å². The minimum absolute atomic E-state index is 0. The first kappa shape index (κ1) is 19.4. The Morgan fingerprint density at radius 2 is 0.905 bits per heavy atom. The molecular weight excluding hydrogens is 288 g/mol. The molecule has 0 N–H and O–H groups in total. The first-order valence-corrected chi connectivity index (χ1v) is 6.14. The van der Waals surface area contributed by atoms with Gasteiger partial charge in [-0.2, -0.15) is 35.0 Å². The molecule has 0 atom stereocenters. The quantitative estimate of drug-likeness (QED) is 0.275. The summed E-state index contributed by atoms with van der Waals surface area (Å²) >= 11 is 0. The molecule has 4 aromatic rings. The van der Waals surface area contributed by atoms with Crippen LogP contribution in [0, 0.1) is 14.9 Å². The Bertz CT molecular complexity index is 620. The van der Waals surface area contributed by atoms with Gasteiger partial charge in [0.1, 0.15) is 0 Å². The van der Waals surface area contributed by atoms with E-state index in [-0.39, 0.29) is 36.6 Å². The molecule has 0 nitrogen and oxygen atoms in total. The number of fused-ring (bicyclic) bond motifs is 2. The zero-order valence-electron chi connectivity index (χ0n) is 12.6. The zero-order chi connectivity index (χ0) is 12.2. The first-order chi connectivity index (χ1) is 8.93. The molecule has 0 bridgehead atoms. The van der Waals surface area contributed by atoms with Crippen LogP contribution in [-0.2, 0) is 21.7 Å². The van der Waals surface area contributed by atoms with Crippen molar-refractivity contribution in [1.82, 2.24) is 0 Å². The van der Waals surface area contributed by atoms with Gasteiger partial charge in [-0.15, -0.1) is 59.3 Å². The number of hydrogen-bond donors (Lipinski definition) is 0. The second-order valence-corrected chi connectivity index (χ2v) is 4.31. The van der Waals surface area contributed by atoms with Gasteiger partial charge in [0, 0.05) is 0 Å². The minimum Gasteiger partial charge on any atom is -0.358 e. The third-order valence-corrected chi connectivity index (χ3v) is 3.10. The van der Waals surface area contributed by atoms with Crippen molar-refractivity contribution >= 4 is 21.5 Å². The van der Waals surface area contributed by atoms with Crippen LogP contribution < -0.4 is 0 Å². The monoisotopic (exact) mass is 308 g/mol. The van der Waals surface area contributed by atoms with Crippen molar-refractivity contribution in [3.8, 4) is 0 Å². The summed E-state index contributed by atoms with van der Waals surface area (Å²) in [5, 5.41) is 5.32. The van der Waals surface area contributed by atoms with Crippen LogP contribution in [0.3, 0.4) is 0 Å². The molecule has 0 radical (unpaired) electrons. The molecule has 104 valence electrons. The van der Waals surface area contributed by atoms with Gasteiger partial charge in [-0.25, -0.2) is 0 Å². The smallest absolute Gasteiger partial charge is 0.358 e. The molecule has 0 saturated carbocycles. The third kappa shape index (κ3) is 4.70. The molecule has 0 aliphatic rings. The summed E-state index contributed by atoms with van der Waals surface area (Å²) in [6.07, 6.45) is 0. The molecule has 4 aromatic carbocycles. The largest absolute Gasteiger partial charge is 4.00 e. The van der Waals surface area contributed by atoms with Crippen LogP contribution in [0.4, 0.5) is 0 Å². The van der Waals surface area contributed by atoms with Gasteiger partial charge in [-0.3, -0.25) is 0 Å². The maximum atomic E-state index is 2.12. The standard InChI is InChI=1S/2C9H7.2CH3.Ti/c2*1-2-5-9-7-3-6-8(9)4-1;;;/h2*1-7H;2*1H3;/q4*-1;+4. The first-order valence-electron chi connectivity index (χ1n) is 6.14. The molecule has 0 unspecified atom stereocenters. The zero-order valence-corrected chi connectivity index (χ0v) is 14.1. The van der Waals surface area contributed by atoms with E-state index in [2.05, 4.69) is 84.9 Å². The van der Waals surface area contributed by atoms with Gasteiger partial charge in [0.2, 0.25) is 0 Å². The molecular formula is C20H20Ti. The van der Waals surface area contributed by atoms with Gasteiger partial charge in [-0.05, 0) is 0 Å². The maximum Gasteiger partial charge on any atom is 4.00 e. The SMILES string of the molecule is [CH3-].[CH3-].[Ti+4].c1ccc2[cH-]ccc2c1.c1ccc2[cH-]ccc2c1. The van der Waals surface area contributed by atoms with Crippen LogP contribution in [0.5, 0.6) is 0 Å². The van der Waals surface area contributed by atoms with E-state index in [0.717, 1.165) is 0 Å². The van der Waals surface area contributed by atoms with Crippen molar-refractivity contribution in [3.63, 3.8) is 0 Å². The average Bonchev–Trinajstić information content (AvgIpc) is 3.08. The van der Waals surface area contributed by atoms with Crippen LogP contribution in [-0.4, -0.2) is 0 Å². The summed E-state index contributed by atoms with van der Waals surface area (Å²) in [6, 6.07) is 29.3. The Morgan fingerprint density at radius 1 is 0.524 bits per heavy atom. The van der Waals surface area contributed by atoms with Crippen molar-refractivity contribution in [3.05, 3.63) is 99.8 Å². The summed E-state index contributed by atoms with van der Waals surface area (Å²) in [6.45, 7) is 0. The van der Waals surface area contributed by atoms with Crippen molar-refractivity contribution < 1.29 is 21.7 Å². The Balaban J connectivity index is 0.000000333. The van der Waals surface area contributed by atoms with E-state index in [1.165, 1.54) is 21.5 Å². The summed E-state index contributed by atoms with van der Waals surface area (Å²) in [5.74, 6) is 0. The molecule has 0 spiro atoms. The Labute approximate surface area is 143 Å². The van der Waals surface area contributed by atoms with Crippen molar-refractivity contribution in [1.29, 1.82) is 0 Å². The van der Waals surface area contributed by atoms with Crippen molar-refractivity contribution in [2.45, 2.75) is 0 Å². The Hall–Kier alpha value is -1.63. The topological polar surface area (TPSA) is 0 Å². The summed E-state index contributed by atoms with van der Waals surface area (Å²) in [5.41, 5.74) is 0. The fraction of sp³-hybridized carbons (Fsp3) is 0. The van der Waals surface area contributed by atoms with Gasteiger partial charge in [0.05, 0.1) is 0 Å². The van der Waals surface area contributed by atoms with Gasteiger partial charge >= 0.3 is 21.7 Å². The van der Waals surface area contributed by atoms with Crippen molar-refractivity contribution in [2.24, 2.45) is 0 Å². The maximum absolute atomic E-state index is 2.12. The molecule has 21 heavy (non-hydrogen) atoms. The van der Waals surface area contributed by atoms with Crippen LogP contribution in [0.1, 0.15) is 0 Å². The van der Waals surface area contributed by atoms with E-state index in [1.807, 2.05) is 0 Å². The van der Waals surface area contributed by atoms with Gasteiger partial charge in [0.15, 0.2) is 0 Å². The minimum atomic E-state index is 0. The van der Waals surface area contributed by atoms with Crippen molar-refractivity contribution in [2.75, 3.05) is 0 Å². The van der Waals surface area contributed by atoms with E-state index in [1.54, 1.807) is 0 Å². The molecule has 0 saturated heterocycles. The van der Waals surface area contributed by atoms with Gasteiger partial charge in [0.25, 0.3) is 0 Å².